The van der Waals surface area contributed by atoms with E-state index >= 15 is 0 Å². The van der Waals surface area contributed by atoms with Crippen molar-refractivity contribution >= 4 is 11.6 Å². The van der Waals surface area contributed by atoms with Crippen molar-refractivity contribution in [3.05, 3.63) is 30.4 Å². The average molecular weight is 246 g/mol. The smallest absolute Gasteiger partial charge is 0.225 e. The van der Waals surface area contributed by atoms with Crippen LogP contribution in [0.2, 0.25) is 0 Å². The molecule has 0 fully saturated rings. The van der Waals surface area contributed by atoms with Crippen molar-refractivity contribution < 1.29 is 0 Å². The maximum absolute atomic E-state index is 4.35. The molecule has 96 valence electrons. The van der Waals surface area contributed by atoms with Crippen LogP contribution in [-0.4, -0.2) is 47.9 Å². The zero-order valence-electron chi connectivity index (χ0n) is 11.0. The topological polar surface area (TPSA) is 60.9 Å². The van der Waals surface area contributed by atoms with Gasteiger partial charge in [0.05, 0.1) is 18.1 Å². The second-order valence-electron chi connectivity index (χ2n) is 4.39. The van der Waals surface area contributed by atoms with E-state index < -0.39 is 0 Å². The minimum absolute atomic E-state index is 0.736. The molecule has 6 heteroatoms. The van der Waals surface area contributed by atoms with Gasteiger partial charge in [-0.1, -0.05) is 0 Å². The van der Waals surface area contributed by atoms with Crippen molar-refractivity contribution in [3.8, 4) is 0 Å². The number of rotatable bonds is 5. The highest BCUT2D eigenvalue weighted by atomic mass is 15.2. The van der Waals surface area contributed by atoms with Crippen LogP contribution >= 0.6 is 0 Å². The van der Waals surface area contributed by atoms with Gasteiger partial charge < -0.3 is 9.80 Å². The summed E-state index contributed by atoms with van der Waals surface area (Å²) in [6.45, 7) is 0.851. The Balaban J connectivity index is 1.94. The number of anilines is 2. The van der Waals surface area contributed by atoms with Gasteiger partial charge in [-0.3, -0.25) is 5.10 Å². The molecule has 18 heavy (non-hydrogen) atoms. The fourth-order valence-corrected chi connectivity index (χ4v) is 1.55. The Morgan fingerprint density at radius 2 is 1.89 bits per heavy atom. The van der Waals surface area contributed by atoms with E-state index in [-0.39, 0.29) is 0 Å². The Hall–Kier alpha value is -2.11. The molecular formula is C12H18N6. The summed E-state index contributed by atoms with van der Waals surface area (Å²) in [6.07, 6.45) is 6.32. The van der Waals surface area contributed by atoms with E-state index in [1.807, 2.05) is 49.4 Å². The lowest BCUT2D eigenvalue weighted by atomic mass is 10.3. The monoisotopic (exact) mass is 246 g/mol. The molecule has 0 unspecified atom stereocenters. The Labute approximate surface area is 107 Å². The lowest BCUT2D eigenvalue weighted by Crippen LogP contribution is -2.23. The van der Waals surface area contributed by atoms with Gasteiger partial charge in [0.2, 0.25) is 5.95 Å². The first-order valence-corrected chi connectivity index (χ1v) is 5.85. The summed E-state index contributed by atoms with van der Waals surface area (Å²) < 4.78 is 0. The molecule has 2 aromatic rings. The van der Waals surface area contributed by atoms with Gasteiger partial charge in [-0.15, -0.1) is 0 Å². The first kappa shape index (κ1) is 12.3. The number of aromatic nitrogens is 4. The fraction of sp³-hybridized carbons (Fsp3) is 0.417. The van der Waals surface area contributed by atoms with E-state index in [0.29, 0.717) is 0 Å². The molecule has 0 aromatic carbocycles. The van der Waals surface area contributed by atoms with Crippen molar-refractivity contribution in [2.45, 2.75) is 6.42 Å². The zero-order valence-corrected chi connectivity index (χ0v) is 11.0. The maximum atomic E-state index is 4.35. The number of nitrogens with one attached hydrogen (secondary N) is 1. The molecule has 0 bridgehead atoms. The fourth-order valence-electron chi connectivity index (χ4n) is 1.55. The SMILES string of the molecule is CN(C)c1cnc(N(C)CCc2ccn[nH]2)nc1. The van der Waals surface area contributed by atoms with Gasteiger partial charge in [0, 0.05) is 46.0 Å². The number of hydrogen-bond donors (Lipinski definition) is 1. The lowest BCUT2D eigenvalue weighted by molar-refractivity contribution is 0.814. The standard InChI is InChI=1S/C12H18N6/c1-17(2)11-8-13-12(14-9-11)18(3)7-5-10-4-6-15-16-10/h4,6,8-9H,5,7H2,1-3H3,(H,15,16). The predicted molar refractivity (Wildman–Crippen MR) is 71.9 cm³/mol. The Morgan fingerprint density at radius 3 is 2.44 bits per heavy atom. The molecule has 0 saturated heterocycles. The van der Waals surface area contributed by atoms with Crippen molar-refractivity contribution in [1.82, 2.24) is 20.2 Å². The molecule has 0 radical (unpaired) electrons. The predicted octanol–water partition coefficient (Wildman–Crippen LogP) is 0.945. The summed E-state index contributed by atoms with van der Waals surface area (Å²) >= 11 is 0. The van der Waals surface area contributed by atoms with E-state index in [0.717, 1.165) is 30.3 Å². The first-order valence-electron chi connectivity index (χ1n) is 5.85. The van der Waals surface area contributed by atoms with Crippen LogP contribution in [0.4, 0.5) is 11.6 Å². The van der Waals surface area contributed by atoms with Crippen LogP contribution in [0.3, 0.4) is 0 Å². The highest BCUT2D eigenvalue weighted by Gasteiger charge is 2.05. The third-order valence-corrected chi connectivity index (χ3v) is 2.76. The molecule has 0 aliphatic heterocycles. The van der Waals surface area contributed by atoms with Crippen LogP contribution in [0.15, 0.2) is 24.7 Å². The molecule has 0 amide bonds. The molecule has 0 spiro atoms. The Morgan fingerprint density at radius 1 is 1.17 bits per heavy atom. The minimum atomic E-state index is 0.736. The van der Waals surface area contributed by atoms with Crippen LogP contribution in [0, 0.1) is 0 Å². The molecule has 2 aromatic heterocycles. The molecule has 1 N–H and O–H groups in total. The zero-order chi connectivity index (χ0) is 13.0. The number of H-pyrrole nitrogens is 1. The van der Waals surface area contributed by atoms with Crippen LogP contribution in [0.25, 0.3) is 0 Å². The van der Waals surface area contributed by atoms with Crippen LogP contribution in [0.5, 0.6) is 0 Å². The van der Waals surface area contributed by atoms with Gasteiger partial charge in [-0.25, -0.2) is 9.97 Å². The Bertz CT molecular complexity index is 462. The molecule has 0 aliphatic rings. The molecular weight excluding hydrogens is 228 g/mol. The summed E-state index contributed by atoms with van der Waals surface area (Å²) in [5.74, 6) is 0.736. The summed E-state index contributed by atoms with van der Waals surface area (Å²) in [4.78, 5) is 12.7. The highest BCUT2D eigenvalue weighted by Crippen LogP contribution is 2.11. The highest BCUT2D eigenvalue weighted by molar-refractivity contribution is 5.43. The Kier molecular flexibility index (Phi) is 3.76. The van der Waals surface area contributed by atoms with Crippen LogP contribution in [0.1, 0.15) is 5.69 Å². The molecule has 0 saturated carbocycles. The van der Waals surface area contributed by atoms with E-state index in [1.165, 1.54) is 0 Å². The van der Waals surface area contributed by atoms with Crippen molar-refractivity contribution in [1.29, 1.82) is 0 Å². The third-order valence-electron chi connectivity index (χ3n) is 2.76. The normalized spacial score (nSPS) is 10.4. The van der Waals surface area contributed by atoms with Gasteiger partial charge in [-0.2, -0.15) is 5.10 Å². The minimum Gasteiger partial charge on any atom is -0.375 e. The number of aromatic amines is 1. The van der Waals surface area contributed by atoms with Gasteiger partial charge in [0.15, 0.2) is 0 Å². The second kappa shape index (κ2) is 5.48. The molecule has 2 heterocycles. The van der Waals surface area contributed by atoms with E-state index in [2.05, 4.69) is 20.2 Å². The summed E-state index contributed by atoms with van der Waals surface area (Å²) in [6, 6.07) is 1.98. The number of hydrogen-bond acceptors (Lipinski definition) is 5. The first-order chi connectivity index (χ1) is 8.66. The average Bonchev–Trinajstić information content (AvgIpc) is 2.89. The lowest BCUT2D eigenvalue weighted by Gasteiger charge is -2.17. The van der Waals surface area contributed by atoms with Crippen molar-refractivity contribution in [3.63, 3.8) is 0 Å². The van der Waals surface area contributed by atoms with Gasteiger partial charge in [0.25, 0.3) is 0 Å². The molecule has 0 atom stereocenters. The van der Waals surface area contributed by atoms with E-state index in [4.69, 9.17) is 0 Å². The second-order valence-corrected chi connectivity index (χ2v) is 4.39. The molecule has 2 rings (SSSR count). The maximum Gasteiger partial charge on any atom is 0.225 e. The van der Waals surface area contributed by atoms with Crippen LogP contribution < -0.4 is 9.80 Å². The summed E-state index contributed by atoms with van der Waals surface area (Å²) in [7, 11) is 5.93. The third kappa shape index (κ3) is 2.97. The van der Waals surface area contributed by atoms with Crippen molar-refractivity contribution in [2.75, 3.05) is 37.5 Å². The van der Waals surface area contributed by atoms with E-state index in [9.17, 15) is 0 Å². The quantitative estimate of drug-likeness (QED) is 0.851. The van der Waals surface area contributed by atoms with Gasteiger partial charge in [0.1, 0.15) is 0 Å². The van der Waals surface area contributed by atoms with Gasteiger partial charge in [-0.05, 0) is 6.07 Å². The largest absolute Gasteiger partial charge is 0.375 e. The molecule has 6 nitrogen and oxygen atoms in total. The van der Waals surface area contributed by atoms with Crippen LogP contribution in [-0.2, 0) is 6.42 Å². The van der Waals surface area contributed by atoms with E-state index in [1.54, 1.807) is 6.20 Å². The number of likely N-dealkylation sites (N-methyl/N-ethyl adjacent to an activating group) is 1. The van der Waals surface area contributed by atoms with Crippen molar-refractivity contribution in [2.24, 2.45) is 0 Å². The summed E-state index contributed by atoms with van der Waals surface area (Å²) in [5, 5.41) is 6.87. The number of nitrogens with zero attached hydrogens (tertiary/aromatic N) is 5. The summed E-state index contributed by atoms with van der Waals surface area (Å²) in [5.41, 5.74) is 2.12. The van der Waals surface area contributed by atoms with Gasteiger partial charge >= 0.3 is 0 Å². The molecule has 0 aliphatic carbocycles.